The fourth-order valence-corrected chi connectivity index (χ4v) is 2.29. The van der Waals surface area contributed by atoms with Gasteiger partial charge in [-0.05, 0) is 24.3 Å². The van der Waals surface area contributed by atoms with Crippen LogP contribution >= 0.6 is 0 Å². The molecular formula is C15H11N3O3. The summed E-state index contributed by atoms with van der Waals surface area (Å²) in [6.45, 7) is 0.118. The third-order valence-corrected chi connectivity index (χ3v) is 3.23. The number of benzene rings is 1. The number of nitriles is 1. The van der Waals surface area contributed by atoms with Crippen molar-refractivity contribution in [1.82, 2.24) is 4.98 Å². The molecule has 104 valence electrons. The van der Waals surface area contributed by atoms with Crippen molar-refractivity contribution in [1.29, 1.82) is 5.26 Å². The summed E-state index contributed by atoms with van der Waals surface area (Å²) in [7, 11) is 0. The molecule has 6 heteroatoms. The summed E-state index contributed by atoms with van der Waals surface area (Å²) < 4.78 is 5.47. The summed E-state index contributed by atoms with van der Waals surface area (Å²) in [4.78, 5) is 17.0. The topological polar surface area (TPSA) is 86.5 Å². The van der Waals surface area contributed by atoms with Crippen LogP contribution in [0, 0.1) is 11.3 Å². The second-order valence-electron chi connectivity index (χ2n) is 4.51. The summed E-state index contributed by atoms with van der Waals surface area (Å²) in [6, 6.07) is 12.6. The number of aliphatic carboxylic acids is 1. The Morgan fingerprint density at radius 3 is 2.86 bits per heavy atom. The smallest absolute Gasteiger partial charge is 0.346 e. The molecule has 0 saturated carbocycles. The molecule has 0 spiro atoms. The number of carbonyl (C=O) groups is 1. The summed E-state index contributed by atoms with van der Waals surface area (Å²) in [5.41, 5.74) is 1.54. The zero-order valence-electron chi connectivity index (χ0n) is 10.9. The van der Waals surface area contributed by atoms with Gasteiger partial charge in [0.05, 0.1) is 17.9 Å². The van der Waals surface area contributed by atoms with Crippen molar-refractivity contribution in [2.24, 2.45) is 0 Å². The average molecular weight is 281 g/mol. The van der Waals surface area contributed by atoms with Gasteiger partial charge < -0.3 is 14.7 Å². The highest BCUT2D eigenvalue weighted by atomic mass is 16.5. The fourth-order valence-electron chi connectivity index (χ4n) is 2.29. The molecule has 0 radical (unpaired) electrons. The zero-order chi connectivity index (χ0) is 14.8. The van der Waals surface area contributed by atoms with Crippen LogP contribution in [0.1, 0.15) is 5.69 Å². The summed E-state index contributed by atoms with van der Waals surface area (Å²) in [6.07, 6.45) is 0.537. The number of ether oxygens (including phenoxy) is 1. The summed E-state index contributed by atoms with van der Waals surface area (Å²) in [5.74, 6) is -0.569. The van der Waals surface area contributed by atoms with Crippen LogP contribution < -0.4 is 9.64 Å². The molecule has 1 aromatic heterocycles. The van der Waals surface area contributed by atoms with Gasteiger partial charge in [0.1, 0.15) is 11.8 Å². The highest BCUT2D eigenvalue weighted by Gasteiger charge is 2.32. The Kier molecular flexibility index (Phi) is 3.16. The third kappa shape index (κ3) is 2.25. The standard InChI is InChI=1S/C15H11N3O3/c16-8-10-11(5-3-7-17-10)18-9-14(15(19)20)21-13-6-2-1-4-12(13)18/h1-7,14H,9H2,(H,19,20). The highest BCUT2D eigenvalue weighted by Crippen LogP contribution is 2.38. The number of anilines is 2. The molecule has 6 nitrogen and oxygen atoms in total. The van der Waals surface area contributed by atoms with E-state index < -0.39 is 12.1 Å². The van der Waals surface area contributed by atoms with E-state index in [9.17, 15) is 15.2 Å². The number of fused-ring (bicyclic) bond motifs is 1. The lowest BCUT2D eigenvalue weighted by Gasteiger charge is -2.34. The number of pyridine rings is 1. The molecule has 1 unspecified atom stereocenters. The minimum atomic E-state index is -1.04. The molecule has 21 heavy (non-hydrogen) atoms. The molecule has 3 rings (SSSR count). The molecule has 1 atom stereocenters. The Bertz CT molecular complexity index is 739. The van der Waals surface area contributed by atoms with E-state index >= 15 is 0 Å². The van der Waals surface area contributed by atoms with Crippen molar-refractivity contribution in [3.8, 4) is 11.8 Å². The molecule has 1 aromatic carbocycles. The first-order valence-electron chi connectivity index (χ1n) is 6.32. The first kappa shape index (κ1) is 12.9. The molecule has 0 fully saturated rings. The number of para-hydroxylation sites is 2. The minimum absolute atomic E-state index is 0.118. The van der Waals surface area contributed by atoms with E-state index in [1.54, 1.807) is 29.2 Å². The Morgan fingerprint density at radius 2 is 2.10 bits per heavy atom. The van der Waals surface area contributed by atoms with Crippen LogP contribution in [-0.4, -0.2) is 28.7 Å². The Balaban J connectivity index is 2.13. The first-order valence-corrected chi connectivity index (χ1v) is 6.32. The quantitative estimate of drug-likeness (QED) is 0.905. The fraction of sp³-hybridized carbons (Fsp3) is 0.133. The number of carboxylic acid groups (broad SMARTS) is 1. The number of aromatic nitrogens is 1. The molecule has 1 N–H and O–H groups in total. The SMILES string of the molecule is N#Cc1ncccc1N1CC(C(=O)O)Oc2ccccc21. The summed E-state index contributed by atoms with van der Waals surface area (Å²) in [5, 5.41) is 18.4. The Hall–Kier alpha value is -3.07. The normalized spacial score (nSPS) is 16.5. The van der Waals surface area contributed by atoms with Crippen molar-refractivity contribution in [2.75, 3.05) is 11.4 Å². The maximum Gasteiger partial charge on any atom is 0.346 e. The second-order valence-corrected chi connectivity index (χ2v) is 4.51. The van der Waals surface area contributed by atoms with Crippen molar-refractivity contribution in [2.45, 2.75) is 6.10 Å². The van der Waals surface area contributed by atoms with Gasteiger partial charge in [0.2, 0.25) is 6.10 Å². The van der Waals surface area contributed by atoms with E-state index in [1.165, 1.54) is 6.20 Å². The van der Waals surface area contributed by atoms with Crippen LogP contribution in [0.25, 0.3) is 0 Å². The van der Waals surface area contributed by atoms with Gasteiger partial charge in [-0.3, -0.25) is 0 Å². The predicted molar refractivity (Wildman–Crippen MR) is 74.5 cm³/mol. The molecule has 1 aliphatic rings. The molecule has 2 aromatic rings. The minimum Gasteiger partial charge on any atom is -0.478 e. The van der Waals surface area contributed by atoms with Gasteiger partial charge in [-0.25, -0.2) is 9.78 Å². The van der Waals surface area contributed by atoms with Crippen LogP contribution in [0.15, 0.2) is 42.6 Å². The van der Waals surface area contributed by atoms with Crippen molar-refractivity contribution in [3.05, 3.63) is 48.3 Å². The number of hydrogen-bond acceptors (Lipinski definition) is 5. The molecule has 0 amide bonds. The second kappa shape index (κ2) is 5.13. The van der Waals surface area contributed by atoms with E-state index in [4.69, 9.17) is 4.74 Å². The van der Waals surface area contributed by atoms with E-state index in [1.807, 2.05) is 18.2 Å². The molecule has 0 bridgehead atoms. The predicted octanol–water partition coefficient (Wildman–Crippen LogP) is 1.94. The van der Waals surface area contributed by atoms with Gasteiger partial charge in [-0.15, -0.1) is 0 Å². The van der Waals surface area contributed by atoms with Crippen LogP contribution in [0.3, 0.4) is 0 Å². The van der Waals surface area contributed by atoms with Crippen LogP contribution in [0.2, 0.25) is 0 Å². The van der Waals surface area contributed by atoms with E-state index in [0.717, 1.165) is 5.69 Å². The first-order chi connectivity index (χ1) is 10.2. The van der Waals surface area contributed by atoms with Crippen LogP contribution in [0.4, 0.5) is 11.4 Å². The van der Waals surface area contributed by atoms with Gasteiger partial charge in [0.15, 0.2) is 5.69 Å². The lowest BCUT2D eigenvalue weighted by molar-refractivity contribution is -0.144. The molecule has 0 aliphatic carbocycles. The number of rotatable bonds is 2. The van der Waals surface area contributed by atoms with Crippen LogP contribution in [-0.2, 0) is 4.79 Å². The zero-order valence-corrected chi connectivity index (χ0v) is 10.9. The van der Waals surface area contributed by atoms with Gasteiger partial charge in [0, 0.05) is 6.20 Å². The van der Waals surface area contributed by atoms with E-state index in [2.05, 4.69) is 4.98 Å². The number of carboxylic acids is 1. The van der Waals surface area contributed by atoms with Crippen molar-refractivity contribution < 1.29 is 14.6 Å². The number of hydrogen-bond donors (Lipinski definition) is 1. The molecule has 1 aliphatic heterocycles. The monoisotopic (exact) mass is 281 g/mol. The third-order valence-electron chi connectivity index (χ3n) is 3.23. The van der Waals surface area contributed by atoms with Crippen molar-refractivity contribution in [3.63, 3.8) is 0 Å². The van der Waals surface area contributed by atoms with Crippen molar-refractivity contribution >= 4 is 17.3 Å². The molecule has 0 saturated heterocycles. The maximum atomic E-state index is 11.3. The average Bonchev–Trinajstić information content (AvgIpc) is 2.53. The highest BCUT2D eigenvalue weighted by molar-refractivity contribution is 5.80. The molecular weight excluding hydrogens is 270 g/mol. The lowest BCUT2D eigenvalue weighted by Crippen LogP contribution is -2.42. The van der Waals surface area contributed by atoms with Gasteiger partial charge in [0.25, 0.3) is 0 Å². The van der Waals surface area contributed by atoms with E-state index in [0.29, 0.717) is 11.4 Å². The van der Waals surface area contributed by atoms with Gasteiger partial charge in [-0.2, -0.15) is 5.26 Å². The van der Waals surface area contributed by atoms with Gasteiger partial charge >= 0.3 is 5.97 Å². The summed E-state index contributed by atoms with van der Waals surface area (Å²) >= 11 is 0. The van der Waals surface area contributed by atoms with Gasteiger partial charge in [-0.1, -0.05) is 12.1 Å². The van der Waals surface area contributed by atoms with Crippen LogP contribution in [0.5, 0.6) is 5.75 Å². The van der Waals surface area contributed by atoms with E-state index in [-0.39, 0.29) is 12.2 Å². The number of nitrogens with zero attached hydrogens (tertiary/aromatic N) is 3. The lowest BCUT2D eigenvalue weighted by atomic mass is 10.1. The maximum absolute atomic E-state index is 11.3. The molecule has 2 heterocycles. The Labute approximate surface area is 120 Å². The Morgan fingerprint density at radius 1 is 1.33 bits per heavy atom. The largest absolute Gasteiger partial charge is 0.478 e.